The molecule has 0 aliphatic carbocycles. The molecule has 4 heteroatoms. The van der Waals surface area contributed by atoms with Gasteiger partial charge in [-0.3, -0.25) is 0 Å². The third-order valence-corrected chi connectivity index (χ3v) is 4.25. The van der Waals surface area contributed by atoms with Crippen molar-refractivity contribution in [3.05, 3.63) is 54.1 Å². The Balaban J connectivity index is 1.43. The van der Waals surface area contributed by atoms with Gasteiger partial charge in [0.1, 0.15) is 5.82 Å². The first-order valence-electron chi connectivity index (χ1n) is 7.83. The molecule has 2 atom stereocenters. The molecule has 0 amide bonds. The van der Waals surface area contributed by atoms with Crippen molar-refractivity contribution >= 4 is 0 Å². The first kappa shape index (κ1) is 14.3. The van der Waals surface area contributed by atoms with E-state index in [1.54, 1.807) is 0 Å². The fourth-order valence-electron chi connectivity index (χ4n) is 3.05. The molecule has 1 aliphatic rings. The Morgan fingerprint density at radius 2 is 2.24 bits per heavy atom. The molecule has 2 heterocycles. The van der Waals surface area contributed by atoms with Gasteiger partial charge >= 0.3 is 0 Å². The van der Waals surface area contributed by atoms with Crippen LogP contribution in [0.1, 0.15) is 30.8 Å². The van der Waals surface area contributed by atoms with Crippen molar-refractivity contribution in [1.82, 2.24) is 20.2 Å². The van der Waals surface area contributed by atoms with E-state index in [2.05, 4.69) is 57.4 Å². The first-order chi connectivity index (χ1) is 10.3. The molecule has 1 aromatic heterocycles. The molecule has 2 aromatic rings. The Bertz CT molecular complexity index is 523. The highest BCUT2D eigenvalue weighted by atomic mass is 15.2. The minimum absolute atomic E-state index is 0.291. The van der Waals surface area contributed by atoms with Gasteiger partial charge in [0.05, 0.1) is 6.04 Å². The predicted molar refractivity (Wildman–Crippen MR) is 85.1 cm³/mol. The summed E-state index contributed by atoms with van der Waals surface area (Å²) in [6, 6.07) is 11.6. The Hall–Kier alpha value is -1.65. The van der Waals surface area contributed by atoms with Gasteiger partial charge in [-0.1, -0.05) is 30.3 Å². The van der Waals surface area contributed by atoms with Crippen LogP contribution in [0.2, 0.25) is 0 Å². The van der Waals surface area contributed by atoms with Crippen LogP contribution in [0.4, 0.5) is 0 Å². The maximum atomic E-state index is 4.32. The summed E-state index contributed by atoms with van der Waals surface area (Å²) in [7, 11) is 0. The minimum atomic E-state index is 0.291. The molecule has 1 fully saturated rings. The van der Waals surface area contributed by atoms with Crippen LogP contribution in [0.3, 0.4) is 0 Å². The molecular weight excluding hydrogens is 260 g/mol. The highest BCUT2D eigenvalue weighted by Crippen LogP contribution is 2.15. The van der Waals surface area contributed by atoms with E-state index < -0.39 is 0 Å². The third kappa shape index (κ3) is 3.93. The Labute approximate surface area is 126 Å². The van der Waals surface area contributed by atoms with E-state index in [1.807, 2.05) is 12.4 Å². The summed E-state index contributed by atoms with van der Waals surface area (Å²) in [6.07, 6.45) is 6.06. The number of aromatic amines is 1. The van der Waals surface area contributed by atoms with Crippen molar-refractivity contribution in [3.8, 4) is 0 Å². The predicted octanol–water partition coefficient (Wildman–Crippen LogP) is 2.38. The van der Waals surface area contributed by atoms with Crippen LogP contribution >= 0.6 is 0 Å². The summed E-state index contributed by atoms with van der Waals surface area (Å²) in [5.41, 5.74) is 1.43. The van der Waals surface area contributed by atoms with Crippen LogP contribution < -0.4 is 5.32 Å². The van der Waals surface area contributed by atoms with Crippen molar-refractivity contribution in [2.24, 2.45) is 0 Å². The molecule has 2 N–H and O–H groups in total. The summed E-state index contributed by atoms with van der Waals surface area (Å²) >= 11 is 0. The largest absolute Gasteiger partial charge is 0.347 e. The van der Waals surface area contributed by atoms with Gasteiger partial charge in [-0.2, -0.15) is 0 Å². The molecule has 1 aliphatic heterocycles. The number of hydrogen-bond donors (Lipinski definition) is 2. The Morgan fingerprint density at radius 3 is 3.00 bits per heavy atom. The van der Waals surface area contributed by atoms with Crippen LogP contribution in [-0.4, -0.2) is 40.5 Å². The van der Waals surface area contributed by atoms with E-state index in [1.165, 1.54) is 18.5 Å². The number of aromatic nitrogens is 2. The quantitative estimate of drug-likeness (QED) is 0.856. The summed E-state index contributed by atoms with van der Waals surface area (Å²) < 4.78 is 0. The van der Waals surface area contributed by atoms with Gasteiger partial charge in [-0.15, -0.1) is 0 Å². The lowest BCUT2D eigenvalue weighted by Gasteiger charge is -2.19. The van der Waals surface area contributed by atoms with Crippen molar-refractivity contribution in [2.45, 2.75) is 31.8 Å². The van der Waals surface area contributed by atoms with E-state index >= 15 is 0 Å². The molecule has 0 spiro atoms. The van der Waals surface area contributed by atoms with E-state index in [0.717, 1.165) is 25.3 Å². The molecule has 0 bridgehead atoms. The second-order valence-corrected chi connectivity index (χ2v) is 5.88. The molecule has 4 nitrogen and oxygen atoms in total. The van der Waals surface area contributed by atoms with Crippen LogP contribution in [0.5, 0.6) is 0 Å². The van der Waals surface area contributed by atoms with Gasteiger partial charge in [0.25, 0.3) is 0 Å². The topological polar surface area (TPSA) is 44.0 Å². The highest BCUT2D eigenvalue weighted by molar-refractivity contribution is 5.15. The summed E-state index contributed by atoms with van der Waals surface area (Å²) in [5.74, 6) is 1.03. The Morgan fingerprint density at radius 1 is 1.38 bits per heavy atom. The molecular formula is C17H24N4. The molecule has 3 rings (SSSR count). The van der Waals surface area contributed by atoms with Gasteiger partial charge in [-0.05, 0) is 31.9 Å². The zero-order chi connectivity index (χ0) is 14.5. The van der Waals surface area contributed by atoms with E-state index in [9.17, 15) is 0 Å². The first-order valence-corrected chi connectivity index (χ1v) is 7.83. The lowest BCUT2D eigenvalue weighted by molar-refractivity contribution is 0.326. The average molecular weight is 284 g/mol. The third-order valence-electron chi connectivity index (χ3n) is 4.25. The lowest BCUT2D eigenvalue weighted by atomic mass is 10.1. The van der Waals surface area contributed by atoms with E-state index in [4.69, 9.17) is 0 Å². The molecule has 1 saturated heterocycles. The minimum Gasteiger partial charge on any atom is -0.347 e. The number of benzene rings is 1. The number of likely N-dealkylation sites (tertiary alicyclic amines) is 1. The van der Waals surface area contributed by atoms with Crippen molar-refractivity contribution < 1.29 is 0 Å². The van der Waals surface area contributed by atoms with E-state index in [0.29, 0.717) is 12.1 Å². The zero-order valence-corrected chi connectivity index (χ0v) is 12.6. The monoisotopic (exact) mass is 284 g/mol. The number of H-pyrrole nitrogens is 1. The number of rotatable bonds is 6. The lowest BCUT2D eigenvalue weighted by Crippen LogP contribution is -2.35. The standard InChI is InChI=1S/C17H24N4/c1-14(17-18-9-10-19-17)20-16-8-12-21(13-16)11-7-15-5-3-2-4-6-15/h2-6,9-10,14,16,20H,7-8,11-13H2,1H3,(H,18,19). The number of hydrogen-bond acceptors (Lipinski definition) is 3. The maximum absolute atomic E-state index is 4.32. The number of nitrogens with one attached hydrogen (secondary N) is 2. The normalized spacial score (nSPS) is 20.7. The highest BCUT2D eigenvalue weighted by Gasteiger charge is 2.23. The number of imidazole rings is 1. The molecule has 0 saturated carbocycles. The SMILES string of the molecule is CC(NC1CCN(CCc2ccccc2)C1)c1ncc[nH]1. The van der Waals surface area contributed by atoms with Crippen LogP contribution in [0.15, 0.2) is 42.7 Å². The molecule has 0 radical (unpaired) electrons. The van der Waals surface area contributed by atoms with E-state index in [-0.39, 0.29) is 0 Å². The Kier molecular flexibility index (Phi) is 4.68. The zero-order valence-electron chi connectivity index (χ0n) is 12.6. The van der Waals surface area contributed by atoms with Crippen LogP contribution in [-0.2, 0) is 6.42 Å². The fourth-order valence-corrected chi connectivity index (χ4v) is 3.05. The number of nitrogens with zero attached hydrogens (tertiary/aromatic N) is 2. The molecule has 2 unspecified atom stereocenters. The van der Waals surface area contributed by atoms with Gasteiger partial charge in [0.15, 0.2) is 0 Å². The molecule has 112 valence electrons. The fraction of sp³-hybridized carbons (Fsp3) is 0.471. The van der Waals surface area contributed by atoms with Gasteiger partial charge < -0.3 is 15.2 Å². The summed E-state index contributed by atoms with van der Waals surface area (Å²) in [6.45, 7) is 5.65. The summed E-state index contributed by atoms with van der Waals surface area (Å²) in [4.78, 5) is 10.1. The maximum Gasteiger partial charge on any atom is 0.122 e. The molecule has 21 heavy (non-hydrogen) atoms. The second kappa shape index (κ2) is 6.87. The second-order valence-electron chi connectivity index (χ2n) is 5.88. The van der Waals surface area contributed by atoms with Gasteiger partial charge in [0.2, 0.25) is 0 Å². The van der Waals surface area contributed by atoms with Crippen LogP contribution in [0.25, 0.3) is 0 Å². The molecule has 1 aromatic carbocycles. The van der Waals surface area contributed by atoms with Gasteiger partial charge in [0, 0.05) is 31.5 Å². The van der Waals surface area contributed by atoms with Crippen molar-refractivity contribution in [3.63, 3.8) is 0 Å². The van der Waals surface area contributed by atoms with Crippen LogP contribution in [0, 0.1) is 0 Å². The smallest absolute Gasteiger partial charge is 0.122 e. The van der Waals surface area contributed by atoms with Gasteiger partial charge in [-0.25, -0.2) is 4.98 Å². The average Bonchev–Trinajstić information content (AvgIpc) is 3.18. The van der Waals surface area contributed by atoms with Crippen molar-refractivity contribution in [1.29, 1.82) is 0 Å². The summed E-state index contributed by atoms with van der Waals surface area (Å²) in [5, 5.41) is 3.67. The van der Waals surface area contributed by atoms with Crippen molar-refractivity contribution in [2.75, 3.05) is 19.6 Å².